The summed E-state index contributed by atoms with van der Waals surface area (Å²) in [7, 11) is 0. The zero-order chi connectivity index (χ0) is 17.0. The first kappa shape index (κ1) is 17.0. The lowest BCUT2D eigenvalue weighted by atomic mass is 10.2. The SMILES string of the molecule is CCc1oc(C(=O)N2CCOC(CNC(C)=O)C2)cc1C(=O)O. The van der Waals surface area contributed by atoms with Crippen LogP contribution in [0.25, 0.3) is 0 Å². The minimum absolute atomic E-state index is 0.0129. The predicted octanol–water partition coefficient (Wildman–Crippen LogP) is 0.517. The van der Waals surface area contributed by atoms with Crippen LogP contribution in [-0.4, -0.2) is 60.1 Å². The van der Waals surface area contributed by atoms with E-state index in [-0.39, 0.29) is 35.0 Å². The molecule has 2 amide bonds. The number of carbonyl (C=O) groups excluding carboxylic acids is 2. The normalized spacial score (nSPS) is 17.8. The van der Waals surface area contributed by atoms with Gasteiger partial charge in [-0.15, -0.1) is 0 Å². The number of morpholine rings is 1. The summed E-state index contributed by atoms with van der Waals surface area (Å²) in [6, 6.07) is 1.27. The zero-order valence-corrected chi connectivity index (χ0v) is 13.1. The lowest BCUT2D eigenvalue weighted by Crippen LogP contribution is -2.49. The molecule has 0 spiro atoms. The molecule has 0 aliphatic carbocycles. The van der Waals surface area contributed by atoms with Crippen LogP contribution in [-0.2, 0) is 16.0 Å². The number of hydrogen-bond donors (Lipinski definition) is 2. The summed E-state index contributed by atoms with van der Waals surface area (Å²) in [6.45, 7) is 4.54. The maximum atomic E-state index is 12.5. The summed E-state index contributed by atoms with van der Waals surface area (Å²) in [6.07, 6.45) is 0.0968. The van der Waals surface area contributed by atoms with Crippen molar-refractivity contribution in [2.24, 2.45) is 0 Å². The average Bonchev–Trinajstić information content (AvgIpc) is 2.97. The number of aromatic carboxylic acids is 1. The van der Waals surface area contributed by atoms with Crippen LogP contribution in [0.1, 0.15) is 40.5 Å². The van der Waals surface area contributed by atoms with E-state index in [2.05, 4.69) is 5.32 Å². The monoisotopic (exact) mass is 324 g/mol. The Morgan fingerprint density at radius 1 is 1.43 bits per heavy atom. The Hall–Kier alpha value is -2.35. The number of nitrogens with zero attached hydrogens (tertiary/aromatic N) is 1. The average molecular weight is 324 g/mol. The molecule has 2 heterocycles. The van der Waals surface area contributed by atoms with Crippen molar-refractivity contribution < 1.29 is 28.6 Å². The summed E-state index contributed by atoms with van der Waals surface area (Å²) >= 11 is 0. The van der Waals surface area contributed by atoms with E-state index in [9.17, 15) is 14.4 Å². The summed E-state index contributed by atoms with van der Waals surface area (Å²) in [5, 5.41) is 11.8. The standard InChI is InChI=1S/C15H20N2O6/c1-3-12-11(15(20)21)6-13(23-12)14(19)17-4-5-22-10(8-17)7-16-9(2)18/h6,10H,3-5,7-8H2,1-2H3,(H,16,18)(H,20,21). The molecule has 1 fully saturated rings. The molecule has 8 heteroatoms. The number of hydrogen-bond acceptors (Lipinski definition) is 5. The van der Waals surface area contributed by atoms with Crippen molar-refractivity contribution in [1.82, 2.24) is 10.2 Å². The van der Waals surface area contributed by atoms with Crippen molar-refractivity contribution in [2.45, 2.75) is 26.4 Å². The fraction of sp³-hybridized carbons (Fsp3) is 0.533. The van der Waals surface area contributed by atoms with Crippen LogP contribution in [0.3, 0.4) is 0 Å². The lowest BCUT2D eigenvalue weighted by Gasteiger charge is -2.32. The van der Waals surface area contributed by atoms with Gasteiger partial charge in [0.1, 0.15) is 11.3 Å². The molecule has 1 saturated heterocycles. The van der Waals surface area contributed by atoms with E-state index >= 15 is 0 Å². The van der Waals surface area contributed by atoms with Crippen molar-refractivity contribution in [3.63, 3.8) is 0 Å². The van der Waals surface area contributed by atoms with Gasteiger partial charge in [-0.25, -0.2) is 4.79 Å². The van der Waals surface area contributed by atoms with Crippen LogP contribution in [0.2, 0.25) is 0 Å². The van der Waals surface area contributed by atoms with Crippen LogP contribution in [0, 0.1) is 0 Å². The summed E-state index contributed by atoms with van der Waals surface area (Å²) < 4.78 is 10.9. The highest BCUT2D eigenvalue weighted by atomic mass is 16.5. The number of carboxylic acid groups (broad SMARTS) is 1. The molecule has 2 rings (SSSR count). The highest BCUT2D eigenvalue weighted by molar-refractivity contribution is 5.96. The van der Waals surface area contributed by atoms with E-state index in [0.717, 1.165) is 0 Å². The van der Waals surface area contributed by atoms with E-state index < -0.39 is 5.97 Å². The second-order valence-electron chi connectivity index (χ2n) is 5.29. The third-order valence-electron chi connectivity index (χ3n) is 3.58. The van der Waals surface area contributed by atoms with E-state index in [1.165, 1.54) is 13.0 Å². The molecule has 1 aromatic rings. The first-order chi connectivity index (χ1) is 10.9. The first-order valence-corrected chi connectivity index (χ1v) is 7.43. The van der Waals surface area contributed by atoms with Gasteiger partial charge in [-0.2, -0.15) is 0 Å². The highest BCUT2D eigenvalue weighted by Gasteiger charge is 2.28. The van der Waals surface area contributed by atoms with Crippen molar-refractivity contribution in [1.29, 1.82) is 0 Å². The van der Waals surface area contributed by atoms with Crippen molar-refractivity contribution in [3.8, 4) is 0 Å². The zero-order valence-electron chi connectivity index (χ0n) is 13.1. The molecule has 1 aromatic heterocycles. The summed E-state index contributed by atoms with van der Waals surface area (Å²) in [5.41, 5.74) is 0.0129. The molecular formula is C15H20N2O6. The number of amides is 2. The van der Waals surface area contributed by atoms with Crippen LogP contribution >= 0.6 is 0 Å². The Morgan fingerprint density at radius 2 is 2.17 bits per heavy atom. The predicted molar refractivity (Wildman–Crippen MR) is 79.4 cm³/mol. The van der Waals surface area contributed by atoms with Crippen LogP contribution < -0.4 is 5.32 Å². The molecule has 1 unspecified atom stereocenters. The summed E-state index contributed by atoms with van der Waals surface area (Å²) in [5.74, 6) is -1.36. The van der Waals surface area contributed by atoms with Crippen molar-refractivity contribution in [3.05, 3.63) is 23.2 Å². The van der Waals surface area contributed by atoms with Gasteiger partial charge in [-0.05, 0) is 0 Å². The molecule has 0 radical (unpaired) electrons. The second-order valence-corrected chi connectivity index (χ2v) is 5.29. The van der Waals surface area contributed by atoms with Gasteiger partial charge in [0, 0.05) is 39.0 Å². The lowest BCUT2D eigenvalue weighted by molar-refractivity contribution is -0.120. The Balaban J connectivity index is 2.07. The van der Waals surface area contributed by atoms with Crippen molar-refractivity contribution >= 4 is 17.8 Å². The van der Waals surface area contributed by atoms with Gasteiger partial charge in [0.05, 0.1) is 12.7 Å². The topological polar surface area (TPSA) is 109 Å². The Kier molecular flexibility index (Phi) is 5.38. The number of furan rings is 1. The number of ether oxygens (including phenoxy) is 1. The molecular weight excluding hydrogens is 304 g/mol. The van der Waals surface area contributed by atoms with Gasteiger partial charge >= 0.3 is 5.97 Å². The fourth-order valence-electron chi connectivity index (χ4n) is 2.42. The molecule has 8 nitrogen and oxygen atoms in total. The quantitative estimate of drug-likeness (QED) is 0.817. The van der Waals surface area contributed by atoms with Gasteiger partial charge < -0.3 is 24.5 Å². The molecule has 0 saturated carbocycles. The third-order valence-corrected chi connectivity index (χ3v) is 3.58. The largest absolute Gasteiger partial charge is 0.478 e. The molecule has 0 aromatic carbocycles. The molecule has 1 aliphatic rings. The van der Waals surface area contributed by atoms with Crippen molar-refractivity contribution in [2.75, 3.05) is 26.2 Å². The Morgan fingerprint density at radius 3 is 2.74 bits per heavy atom. The van der Waals surface area contributed by atoms with Gasteiger partial charge in [-0.3, -0.25) is 9.59 Å². The molecule has 23 heavy (non-hydrogen) atoms. The molecule has 0 bridgehead atoms. The van der Waals surface area contributed by atoms with E-state index in [1.807, 2.05) is 0 Å². The molecule has 1 aliphatic heterocycles. The third kappa shape index (κ3) is 4.10. The number of carbonyl (C=O) groups is 3. The molecule has 2 N–H and O–H groups in total. The van der Waals surface area contributed by atoms with Gasteiger partial charge in [0.15, 0.2) is 5.76 Å². The fourth-order valence-corrected chi connectivity index (χ4v) is 2.42. The first-order valence-electron chi connectivity index (χ1n) is 7.43. The minimum Gasteiger partial charge on any atom is -0.478 e. The number of aryl methyl sites for hydroxylation is 1. The van der Waals surface area contributed by atoms with Gasteiger partial charge in [0.2, 0.25) is 5.91 Å². The van der Waals surface area contributed by atoms with Crippen LogP contribution in [0.4, 0.5) is 0 Å². The molecule has 126 valence electrons. The van der Waals surface area contributed by atoms with Crippen LogP contribution in [0.15, 0.2) is 10.5 Å². The van der Waals surface area contributed by atoms with Gasteiger partial charge in [-0.1, -0.05) is 6.92 Å². The Labute approximate surface area is 133 Å². The summed E-state index contributed by atoms with van der Waals surface area (Å²) in [4.78, 5) is 36.1. The number of nitrogens with one attached hydrogen (secondary N) is 1. The van der Waals surface area contributed by atoms with E-state index in [0.29, 0.717) is 32.7 Å². The maximum absolute atomic E-state index is 12.5. The smallest absolute Gasteiger partial charge is 0.339 e. The Bertz CT molecular complexity index is 609. The number of rotatable bonds is 5. The minimum atomic E-state index is -1.12. The van der Waals surface area contributed by atoms with E-state index in [4.69, 9.17) is 14.3 Å². The molecule has 1 atom stereocenters. The maximum Gasteiger partial charge on any atom is 0.339 e. The highest BCUT2D eigenvalue weighted by Crippen LogP contribution is 2.19. The number of carboxylic acids is 1. The van der Waals surface area contributed by atoms with E-state index in [1.54, 1.807) is 11.8 Å². The van der Waals surface area contributed by atoms with Gasteiger partial charge in [0.25, 0.3) is 5.91 Å². The van der Waals surface area contributed by atoms with Crippen LogP contribution in [0.5, 0.6) is 0 Å². The second kappa shape index (κ2) is 7.28.